The lowest BCUT2D eigenvalue weighted by Gasteiger charge is -2.30. The molecule has 1 saturated carbocycles. The average molecular weight is 353 g/mol. The first-order chi connectivity index (χ1) is 11.1. The number of sulfonamides is 1. The number of carbonyl (C=O) groups is 1. The number of amides is 1. The second kappa shape index (κ2) is 7.13. The normalized spacial score (nSPS) is 15.7. The smallest absolute Gasteiger partial charge is 0.232 e. The molecule has 0 spiro atoms. The van der Waals surface area contributed by atoms with Crippen molar-refractivity contribution in [2.75, 3.05) is 23.7 Å². The molecule has 1 aromatic carbocycles. The average Bonchev–Trinajstić information content (AvgIpc) is 2.39. The van der Waals surface area contributed by atoms with E-state index in [1.54, 1.807) is 0 Å². The Kier molecular flexibility index (Phi) is 5.58. The Morgan fingerprint density at radius 3 is 2.38 bits per heavy atom. The van der Waals surface area contributed by atoms with Crippen LogP contribution >= 0.6 is 0 Å². The second-order valence-electron chi connectivity index (χ2n) is 7.52. The van der Waals surface area contributed by atoms with Crippen LogP contribution in [-0.2, 0) is 20.2 Å². The van der Waals surface area contributed by atoms with Crippen molar-refractivity contribution in [3.8, 4) is 0 Å². The number of rotatable bonds is 6. The molecule has 6 heteroatoms. The molecule has 1 fully saturated rings. The van der Waals surface area contributed by atoms with Crippen LogP contribution in [0.1, 0.15) is 45.6 Å². The van der Waals surface area contributed by atoms with E-state index in [0.717, 1.165) is 24.8 Å². The van der Waals surface area contributed by atoms with Gasteiger partial charge in [-0.25, -0.2) is 8.42 Å². The van der Waals surface area contributed by atoms with Gasteiger partial charge in [0.25, 0.3) is 0 Å². The van der Waals surface area contributed by atoms with Crippen molar-refractivity contribution < 1.29 is 13.2 Å². The summed E-state index contributed by atoms with van der Waals surface area (Å²) in [5, 5.41) is 2.87. The molecule has 0 heterocycles. The number of nitrogens with one attached hydrogen (secondary N) is 1. The largest absolute Gasteiger partial charge is 0.354 e. The van der Waals surface area contributed by atoms with Crippen LogP contribution in [0.3, 0.4) is 0 Å². The van der Waals surface area contributed by atoms with Crippen molar-refractivity contribution in [1.82, 2.24) is 5.32 Å². The third-order valence-electron chi connectivity index (χ3n) is 4.47. The maximum absolute atomic E-state index is 12.3. The van der Waals surface area contributed by atoms with Gasteiger partial charge in [0, 0.05) is 12.5 Å². The van der Waals surface area contributed by atoms with Crippen molar-refractivity contribution in [2.45, 2.75) is 45.4 Å². The van der Waals surface area contributed by atoms with E-state index in [1.807, 2.05) is 24.3 Å². The lowest BCUT2D eigenvalue weighted by molar-refractivity contribution is -0.127. The molecule has 2 rings (SSSR count). The summed E-state index contributed by atoms with van der Waals surface area (Å²) in [5.74, 6) is 0.150. The Morgan fingerprint density at radius 1 is 1.25 bits per heavy atom. The van der Waals surface area contributed by atoms with Gasteiger partial charge in [0.05, 0.1) is 18.5 Å². The Labute approximate surface area is 145 Å². The lowest BCUT2D eigenvalue weighted by Crippen LogP contribution is -2.41. The zero-order valence-corrected chi connectivity index (χ0v) is 15.8. The standard InChI is InChI=1S/C18H28N2O3S/c1-18(2,3)15-10-5-6-11-16(15)20(24(4,22)23)13-12-19-17(21)14-8-7-9-14/h5-6,10-11,14H,7-9,12-13H2,1-4H3,(H,19,21). The molecule has 0 bridgehead atoms. The van der Waals surface area contributed by atoms with Crippen molar-refractivity contribution in [1.29, 1.82) is 0 Å². The van der Waals surface area contributed by atoms with Crippen LogP contribution in [0, 0.1) is 5.92 Å². The van der Waals surface area contributed by atoms with Gasteiger partial charge in [-0.15, -0.1) is 0 Å². The summed E-state index contributed by atoms with van der Waals surface area (Å²) in [4.78, 5) is 11.9. The van der Waals surface area contributed by atoms with Gasteiger partial charge >= 0.3 is 0 Å². The van der Waals surface area contributed by atoms with E-state index < -0.39 is 10.0 Å². The number of anilines is 1. The van der Waals surface area contributed by atoms with E-state index in [4.69, 9.17) is 0 Å². The second-order valence-corrected chi connectivity index (χ2v) is 9.43. The first kappa shape index (κ1) is 18.8. The Morgan fingerprint density at radius 2 is 1.88 bits per heavy atom. The molecule has 0 aromatic heterocycles. The van der Waals surface area contributed by atoms with Crippen LogP contribution < -0.4 is 9.62 Å². The van der Waals surface area contributed by atoms with Crippen LogP contribution in [0.25, 0.3) is 0 Å². The van der Waals surface area contributed by atoms with E-state index in [9.17, 15) is 13.2 Å². The Bertz CT molecular complexity index is 688. The maximum Gasteiger partial charge on any atom is 0.232 e. The summed E-state index contributed by atoms with van der Waals surface area (Å²) >= 11 is 0. The lowest BCUT2D eigenvalue weighted by atomic mass is 9.85. The minimum Gasteiger partial charge on any atom is -0.354 e. The monoisotopic (exact) mass is 352 g/mol. The van der Waals surface area contributed by atoms with Gasteiger partial charge in [-0.3, -0.25) is 9.10 Å². The van der Waals surface area contributed by atoms with Crippen LogP contribution in [0.5, 0.6) is 0 Å². The molecule has 0 aliphatic heterocycles. The molecule has 1 aliphatic carbocycles. The van der Waals surface area contributed by atoms with E-state index in [-0.39, 0.29) is 23.8 Å². The maximum atomic E-state index is 12.3. The quantitative estimate of drug-likeness (QED) is 0.856. The van der Waals surface area contributed by atoms with Crippen LogP contribution in [0.15, 0.2) is 24.3 Å². The fraction of sp³-hybridized carbons (Fsp3) is 0.611. The molecule has 0 unspecified atom stereocenters. The highest BCUT2D eigenvalue weighted by Crippen LogP contribution is 2.32. The summed E-state index contributed by atoms with van der Waals surface area (Å²) in [5.41, 5.74) is 1.49. The first-order valence-corrected chi connectivity index (χ1v) is 10.3. The highest BCUT2D eigenvalue weighted by molar-refractivity contribution is 7.92. The fourth-order valence-corrected chi connectivity index (χ4v) is 3.83. The third kappa shape index (κ3) is 4.50. The first-order valence-electron chi connectivity index (χ1n) is 8.45. The molecule has 1 aliphatic rings. The van der Waals surface area contributed by atoms with Gasteiger partial charge in [0.1, 0.15) is 0 Å². The molecule has 1 aromatic rings. The van der Waals surface area contributed by atoms with Crippen molar-refractivity contribution in [3.63, 3.8) is 0 Å². The summed E-state index contributed by atoms with van der Waals surface area (Å²) < 4.78 is 26.0. The van der Waals surface area contributed by atoms with Gasteiger partial charge in [0.15, 0.2) is 0 Å². The highest BCUT2D eigenvalue weighted by Gasteiger charge is 2.27. The molecular formula is C18H28N2O3S. The summed E-state index contributed by atoms with van der Waals surface area (Å²) in [6.07, 6.45) is 4.19. The topological polar surface area (TPSA) is 66.5 Å². The SMILES string of the molecule is CC(C)(C)c1ccccc1N(CCNC(=O)C1CCC1)S(C)(=O)=O. The molecule has 0 saturated heterocycles. The van der Waals surface area contributed by atoms with E-state index in [0.29, 0.717) is 12.2 Å². The molecule has 1 N–H and O–H groups in total. The summed E-state index contributed by atoms with van der Waals surface area (Å²) in [7, 11) is -3.43. The number of nitrogens with zero attached hydrogens (tertiary/aromatic N) is 1. The van der Waals surface area contributed by atoms with Crippen molar-refractivity contribution >= 4 is 21.6 Å². The zero-order valence-electron chi connectivity index (χ0n) is 15.0. The predicted octanol–water partition coefficient (Wildman–Crippen LogP) is 2.67. The van der Waals surface area contributed by atoms with Gasteiger partial charge in [0.2, 0.25) is 15.9 Å². The minimum atomic E-state index is -3.43. The van der Waals surface area contributed by atoms with Crippen molar-refractivity contribution in [2.24, 2.45) is 5.92 Å². The van der Waals surface area contributed by atoms with Gasteiger partial charge in [-0.2, -0.15) is 0 Å². The molecule has 0 radical (unpaired) electrons. The van der Waals surface area contributed by atoms with E-state index >= 15 is 0 Å². The summed E-state index contributed by atoms with van der Waals surface area (Å²) in [6.45, 7) is 6.74. The van der Waals surface area contributed by atoms with E-state index in [2.05, 4.69) is 26.1 Å². The molecular weight excluding hydrogens is 324 g/mol. The fourth-order valence-electron chi connectivity index (χ4n) is 2.89. The van der Waals surface area contributed by atoms with Gasteiger partial charge in [-0.05, 0) is 29.9 Å². The Hall–Kier alpha value is -1.56. The summed E-state index contributed by atoms with van der Waals surface area (Å²) in [6, 6.07) is 7.55. The van der Waals surface area contributed by atoms with Crippen LogP contribution in [0.2, 0.25) is 0 Å². The molecule has 5 nitrogen and oxygen atoms in total. The molecule has 24 heavy (non-hydrogen) atoms. The number of hydrogen-bond acceptors (Lipinski definition) is 3. The molecule has 0 atom stereocenters. The van der Waals surface area contributed by atoms with Crippen LogP contribution in [-0.4, -0.2) is 33.7 Å². The minimum absolute atomic E-state index is 0.0406. The van der Waals surface area contributed by atoms with Gasteiger partial charge in [-0.1, -0.05) is 45.4 Å². The van der Waals surface area contributed by atoms with Gasteiger partial charge < -0.3 is 5.32 Å². The van der Waals surface area contributed by atoms with Crippen LogP contribution in [0.4, 0.5) is 5.69 Å². The molecule has 1 amide bonds. The number of para-hydroxylation sites is 1. The predicted molar refractivity (Wildman–Crippen MR) is 97.7 cm³/mol. The van der Waals surface area contributed by atoms with Crippen molar-refractivity contribution in [3.05, 3.63) is 29.8 Å². The number of hydrogen-bond donors (Lipinski definition) is 1. The third-order valence-corrected chi connectivity index (χ3v) is 5.65. The van der Waals surface area contributed by atoms with E-state index in [1.165, 1.54) is 10.6 Å². The highest BCUT2D eigenvalue weighted by atomic mass is 32.2. The molecule has 134 valence electrons. The number of benzene rings is 1. The Balaban J connectivity index is 2.16. The number of carbonyl (C=O) groups excluding carboxylic acids is 1. The zero-order chi connectivity index (χ0) is 18.0.